The van der Waals surface area contributed by atoms with Crippen molar-refractivity contribution in [1.82, 2.24) is 15.5 Å². The minimum atomic E-state index is -0.623. The largest absolute Gasteiger partial charge is 0.385 e. The Morgan fingerprint density at radius 1 is 1.27 bits per heavy atom. The lowest BCUT2D eigenvalue weighted by molar-refractivity contribution is -0.132. The van der Waals surface area contributed by atoms with E-state index in [0.29, 0.717) is 32.8 Å². The third-order valence-corrected chi connectivity index (χ3v) is 4.70. The molecule has 1 saturated heterocycles. The van der Waals surface area contributed by atoms with Gasteiger partial charge in [-0.2, -0.15) is 0 Å². The second kappa shape index (κ2) is 9.52. The predicted molar refractivity (Wildman–Crippen MR) is 97.1 cm³/mol. The number of amides is 3. The monoisotopic (exact) mass is 365 g/mol. The number of nitrogens with zero attached hydrogens (tertiary/aromatic N) is 1. The Hall–Kier alpha value is -2.15. The maximum atomic E-state index is 12.9. The van der Waals surface area contributed by atoms with Crippen LogP contribution in [0.15, 0.2) is 24.3 Å². The molecule has 1 heterocycles. The van der Waals surface area contributed by atoms with E-state index in [4.69, 9.17) is 4.74 Å². The number of benzene rings is 1. The molecule has 1 aliphatic heterocycles. The van der Waals surface area contributed by atoms with Gasteiger partial charge >= 0.3 is 6.03 Å². The lowest BCUT2D eigenvalue weighted by atomic mass is 9.81. The highest BCUT2D eigenvalue weighted by Gasteiger charge is 2.39. The molecular formula is C19H28FN3O3. The number of hydrogen-bond donors (Lipinski definition) is 2. The fourth-order valence-electron chi connectivity index (χ4n) is 3.12. The fraction of sp³-hybridized carbons (Fsp3) is 0.579. The van der Waals surface area contributed by atoms with Gasteiger partial charge in [0.25, 0.3) is 0 Å². The van der Waals surface area contributed by atoms with Crippen molar-refractivity contribution in [3.8, 4) is 0 Å². The molecule has 6 nitrogen and oxygen atoms in total. The standard InChI is InChI=1S/C19H28FN3O3/c1-19(17(24)22-13-15-5-7-16(20)8-6-15)9-3-11-23(14-19)18(25)21-10-4-12-26-2/h5-8H,3-4,9-14H2,1-2H3,(H,21,25)(H,22,24). The molecule has 1 aromatic carbocycles. The zero-order chi connectivity index (χ0) is 19.0. The van der Waals surface area contributed by atoms with Gasteiger partial charge in [-0.15, -0.1) is 0 Å². The number of carbonyl (C=O) groups excluding carboxylic acids is 2. The molecule has 0 spiro atoms. The quantitative estimate of drug-likeness (QED) is 0.729. The normalized spacial score (nSPS) is 19.9. The summed E-state index contributed by atoms with van der Waals surface area (Å²) in [6, 6.07) is 5.91. The van der Waals surface area contributed by atoms with E-state index in [-0.39, 0.29) is 17.8 Å². The van der Waals surface area contributed by atoms with Crippen LogP contribution in [-0.4, -0.2) is 50.2 Å². The van der Waals surface area contributed by atoms with Crippen molar-refractivity contribution >= 4 is 11.9 Å². The minimum Gasteiger partial charge on any atom is -0.385 e. The molecule has 1 aliphatic rings. The number of likely N-dealkylation sites (tertiary alicyclic amines) is 1. The number of urea groups is 1. The van der Waals surface area contributed by atoms with E-state index in [1.54, 1.807) is 24.1 Å². The van der Waals surface area contributed by atoms with Gasteiger partial charge in [-0.3, -0.25) is 4.79 Å². The summed E-state index contributed by atoms with van der Waals surface area (Å²) in [4.78, 5) is 26.7. The Morgan fingerprint density at radius 2 is 2.00 bits per heavy atom. The minimum absolute atomic E-state index is 0.0845. The van der Waals surface area contributed by atoms with Gasteiger partial charge in [-0.25, -0.2) is 9.18 Å². The van der Waals surface area contributed by atoms with E-state index in [1.165, 1.54) is 12.1 Å². The predicted octanol–water partition coefficient (Wildman–Crippen LogP) is 2.29. The van der Waals surface area contributed by atoms with Crippen LogP contribution in [0.3, 0.4) is 0 Å². The second-order valence-electron chi connectivity index (χ2n) is 6.97. The van der Waals surface area contributed by atoms with Gasteiger partial charge in [0.15, 0.2) is 0 Å². The topological polar surface area (TPSA) is 70.7 Å². The van der Waals surface area contributed by atoms with Crippen LogP contribution in [0, 0.1) is 11.2 Å². The average molecular weight is 365 g/mol. The third kappa shape index (κ3) is 5.69. The number of hydrogen-bond acceptors (Lipinski definition) is 3. The number of piperidine rings is 1. The first-order chi connectivity index (χ1) is 12.4. The molecule has 1 aromatic rings. The van der Waals surface area contributed by atoms with Crippen LogP contribution < -0.4 is 10.6 Å². The Morgan fingerprint density at radius 3 is 2.69 bits per heavy atom. The van der Waals surface area contributed by atoms with Gasteiger partial charge < -0.3 is 20.3 Å². The molecule has 2 rings (SSSR count). The summed E-state index contributed by atoms with van der Waals surface area (Å²) in [5, 5.41) is 5.78. The van der Waals surface area contributed by atoms with Crippen molar-refractivity contribution < 1.29 is 18.7 Å². The first-order valence-electron chi connectivity index (χ1n) is 8.99. The van der Waals surface area contributed by atoms with Crippen LogP contribution in [0.25, 0.3) is 0 Å². The highest BCUT2D eigenvalue weighted by atomic mass is 19.1. The molecule has 26 heavy (non-hydrogen) atoms. The maximum Gasteiger partial charge on any atom is 0.317 e. The molecular weight excluding hydrogens is 337 g/mol. The molecule has 0 aromatic heterocycles. The molecule has 0 bridgehead atoms. The zero-order valence-electron chi connectivity index (χ0n) is 15.5. The number of methoxy groups -OCH3 is 1. The van der Waals surface area contributed by atoms with Crippen LogP contribution in [0.1, 0.15) is 31.7 Å². The second-order valence-corrected chi connectivity index (χ2v) is 6.97. The molecule has 0 radical (unpaired) electrons. The summed E-state index contributed by atoms with van der Waals surface area (Å²) in [5.74, 6) is -0.384. The Balaban J connectivity index is 1.85. The Bertz CT molecular complexity index is 609. The van der Waals surface area contributed by atoms with Gasteiger partial charge in [-0.1, -0.05) is 12.1 Å². The SMILES string of the molecule is COCCCNC(=O)N1CCCC(C)(C(=O)NCc2ccc(F)cc2)C1. The molecule has 144 valence electrons. The van der Waals surface area contributed by atoms with Crippen molar-refractivity contribution in [3.63, 3.8) is 0 Å². The van der Waals surface area contributed by atoms with Gasteiger partial charge in [-0.05, 0) is 43.9 Å². The fourth-order valence-corrected chi connectivity index (χ4v) is 3.12. The smallest absolute Gasteiger partial charge is 0.317 e. The molecule has 1 unspecified atom stereocenters. The van der Waals surface area contributed by atoms with Crippen molar-refractivity contribution in [2.24, 2.45) is 5.41 Å². The van der Waals surface area contributed by atoms with E-state index in [1.807, 2.05) is 6.92 Å². The molecule has 1 atom stereocenters. The van der Waals surface area contributed by atoms with Gasteiger partial charge in [0, 0.05) is 39.9 Å². The average Bonchev–Trinajstić information content (AvgIpc) is 2.64. The van der Waals surface area contributed by atoms with Gasteiger partial charge in [0.05, 0.1) is 5.41 Å². The first-order valence-corrected chi connectivity index (χ1v) is 8.99. The lowest BCUT2D eigenvalue weighted by Gasteiger charge is -2.39. The van der Waals surface area contributed by atoms with E-state index in [2.05, 4.69) is 10.6 Å². The van der Waals surface area contributed by atoms with E-state index < -0.39 is 5.41 Å². The highest BCUT2D eigenvalue weighted by Crippen LogP contribution is 2.29. The summed E-state index contributed by atoms with van der Waals surface area (Å²) in [7, 11) is 1.63. The van der Waals surface area contributed by atoms with Crippen molar-refractivity contribution in [2.75, 3.05) is 33.4 Å². The van der Waals surface area contributed by atoms with Crippen LogP contribution >= 0.6 is 0 Å². The van der Waals surface area contributed by atoms with Crippen molar-refractivity contribution in [1.29, 1.82) is 0 Å². The number of ether oxygens (including phenoxy) is 1. The summed E-state index contributed by atoms with van der Waals surface area (Å²) in [6.45, 7) is 4.42. The summed E-state index contributed by atoms with van der Waals surface area (Å²) in [5.41, 5.74) is 0.217. The Labute approximate surface area is 154 Å². The molecule has 3 amide bonds. The number of carbonyl (C=O) groups is 2. The van der Waals surface area contributed by atoms with Crippen molar-refractivity contribution in [2.45, 2.75) is 32.7 Å². The van der Waals surface area contributed by atoms with Crippen LogP contribution in [-0.2, 0) is 16.1 Å². The zero-order valence-corrected chi connectivity index (χ0v) is 15.5. The number of nitrogens with one attached hydrogen (secondary N) is 2. The lowest BCUT2D eigenvalue weighted by Crippen LogP contribution is -2.54. The molecule has 7 heteroatoms. The van der Waals surface area contributed by atoms with Crippen LogP contribution in [0.4, 0.5) is 9.18 Å². The summed E-state index contributed by atoms with van der Waals surface area (Å²) >= 11 is 0. The molecule has 1 fully saturated rings. The van der Waals surface area contributed by atoms with E-state index in [0.717, 1.165) is 24.8 Å². The first kappa shape index (κ1) is 20.2. The van der Waals surface area contributed by atoms with Crippen LogP contribution in [0.5, 0.6) is 0 Å². The molecule has 2 N–H and O–H groups in total. The number of halogens is 1. The van der Waals surface area contributed by atoms with Gasteiger partial charge in [0.1, 0.15) is 5.82 Å². The summed E-state index contributed by atoms with van der Waals surface area (Å²) < 4.78 is 17.9. The Kier molecular flexibility index (Phi) is 7.38. The summed E-state index contributed by atoms with van der Waals surface area (Å²) in [6.07, 6.45) is 2.27. The maximum absolute atomic E-state index is 12.9. The third-order valence-electron chi connectivity index (χ3n) is 4.70. The van der Waals surface area contributed by atoms with Gasteiger partial charge in [0.2, 0.25) is 5.91 Å². The number of rotatable bonds is 7. The van der Waals surface area contributed by atoms with Crippen molar-refractivity contribution in [3.05, 3.63) is 35.6 Å². The van der Waals surface area contributed by atoms with E-state index >= 15 is 0 Å². The molecule has 0 aliphatic carbocycles. The van der Waals surface area contributed by atoms with Crippen LogP contribution in [0.2, 0.25) is 0 Å². The molecule has 0 saturated carbocycles. The highest BCUT2D eigenvalue weighted by molar-refractivity contribution is 5.84. The van der Waals surface area contributed by atoms with E-state index in [9.17, 15) is 14.0 Å².